The molecule has 1 aromatic heterocycles. The van der Waals surface area contributed by atoms with Crippen molar-refractivity contribution in [2.45, 2.75) is 13.5 Å². The Morgan fingerprint density at radius 1 is 1.04 bits per heavy atom. The van der Waals surface area contributed by atoms with E-state index in [0.717, 1.165) is 13.1 Å². The molecule has 1 amide bonds. The van der Waals surface area contributed by atoms with Crippen LogP contribution in [-0.4, -0.2) is 41.6 Å². The van der Waals surface area contributed by atoms with Gasteiger partial charge in [-0.25, -0.2) is 0 Å². The minimum Gasteiger partial charge on any atom is -0.368 e. The van der Waals surface area contributed by atoms with Crippen molar-refractivity contribution in [1.82, 2.24) is 9.47 Å². The summed E-state index contributed by atoms with van der Waals surface area (Å²) >= 11 is 0. The maximum Gasteiger partial charge on any atom is 0.250 e. The van der Waals surface area contributed by atoms with E-state index >= 15 is 0 Å². The molecular formula is C18H21N3O2. The molecule has 1 aliphatic rings. The standard InChI is InChI=1S/C18H21N3O2/c1-15-5-4-6-16(13-15)19-9-11-20(12-10-19)18(23)14-21-8-3-2-7-17(21)22/h2-8,13H,9-12,14H2,1H3. The van der Waals surface area contributed by atoms with E-state index in [4.69, 9.17) is 0 Å². The summed E-state index contributed by atoms with van der Waals surface area (Å²) in [5, 5.41) is 0. The lowest BCUT2D eigenvalue weighted by atomic mass is 10.2. The number of carbonyl (C=O) groups excluding carboxylic acids is 1. The molecule has 0 atom stereocenters. The van der Waals surface area contributed by atoms with Gasteiger partial charge in [0, 0.05) is 44.1 Å². The highest BCUT2D eigenvalue weighted by Gasteiger charge is 2.21. The van der Waals surface area contributed by atoms with Crippen LogP contribution in [0.15, 0.2) is 53.5 Å². The Labute approximate surface area is 135 Å². The molecule has 0 bridgehead atoms. The molecule has 0 N–H and O–H groups in total. The van der Waals surface area contributed by atoms with Crippen LogP contribution >= 0.6 is 0 Å². The molecule has 3 rings (SSSR count). The monoisotopic (exact) mass is 311 g/mol. The lowest BCUT2D eigenvalue weighted by Crippen LogP contribution is -2.50. The lowest BCUT2D eigenvalue weighted by Gasteiger charge is -2.36. The van der Waals surface area contributed by atoms with E-state index in [1.54, 1.807) is 18.3 Å². The average molecular weight is 311 g/mol. The molecule has 1 aromatic carbocycles. The smallest absolute Gasteiger partial charge is 0.250 e. The van der Waals surface area contributed by atoms with Gasteiger partial charge < -0.3 is 14.4 Å². The van der Waals surface area contributed by atoms with Crippen molar-refractivity contribution in [2.75, 3.05) is 31.1 Å². The number of benzene rings is 1. The van der Waals surface area contributed by atoms with Crippen LogP contribution in [0.5, 0.6) is 0 Å². The fourth-order valence-corrected chi connectivity index (χ4v) is 2.88. The number of nitrogens with zero attached hydrogens (tertiary/aromatic N) is 3. The van der Waals surface area contributed by atoms with Crippen LogP contribution in [0.25, 0.3) is 0 Å². The first-order valence-corrected chi connectivity index (χ1v) is 7.88. The summed E-state index contributed by atoms with van der Waals surface area (Å²) in [5.41, 5.74) is 2.31. The summed E-state index contributed by atoms with van der Waals surface area (Å²) in [5.74, 6) is 0.00203. The first-order chi connectivity index (χ1) is 11.1. The Balaban J connectivity index is 1.59. The van der Waals surface area contributed by atoms with Crippen LogP contribution in [0.4, 0.5) is 5.69 Å². The number of carbonyl (C=O) groups is 1. The molecule has 1 fully saturated rings. The number of hydrogen-bond donors (Lipinski definition) is 0. The van der Waals surface area contributed by atoms with Crippen molar-refractivity contribution in [3.8, 4) is 0 Å². The number of aryl methyl sites for hydroxylation is 1. The number of amides is 1. The third-order valence-electron chi connectivity index (χ3n) is 4.20. The molecule has 0 aliphatic carbocycles. The maximum absolute atomic E-state index is 12.4. The molecule has 5 heteroatoms. The predicted molar refractivity (Wildman–Crippen MR) is 90.7 cm³/mol. The number of hydrogen-bond acceptors (Lipinski definition) is 3. The highest BCUT2D eigenvalue weighted by Crippen LogP contribution is 2.17. The minimum atomic E-state index is -0.140. The van der Waals surface area contributed by atoms with E-state index in [-0.39, 0.29) is 18.0 Å². The topological polar surface area (TPSA) is 45.5 Å². The highest BCUT2D eigenvalue weighted by atomic mass is 16.2. The number of pyridine rings is 1. The summed E-state index contributed by atoms with van der Waals surface area (Å²) in [7, 11) is 0. The first kappa shape index (κ1) is 15.3. The zero-order chi connectivity index (χ0) is 16.2. The van der Waals surface area contributed by atoms with Crippen LogP contribution in [0.2, 0.25) is 0 Å². The van der Waals surface area contributed by atoms with Crippen molar-refractivity contribution < 1.29 is 4.79 Å². The quantitative estimate of drug-likeness (QED) is 0.863. The molecule has 2 aromatic rings. The average Bonchev–Trinajstić information content (AvgIpc) is 2.57. The van der Waals surface area contributed by atoms with Crippen molar-refractivity contribution in [3.63, 3.8) is 0 Å². The fraction of sp³-hybridized carbons (Fsp3) is 0.333. The number of anilines is 1. The van der Waals surface area contributed by atoms with Gasteiger partial charge in [0.1, 0.15) is 6.54 Å². The summed E-state index contributed by atoms with van der Waals surface area (Å²) in [6.07, 6.45) is 1.66. The van der Waals surface area contributed by atoms with E-state index in [1.165, 1.54) is 21.9 Å². The van der Waals surface area contributed by atoms with Crippen molar-refractivity contribution >= 4 is 11.6 Å². The van der Waals surface area contributed by atoms with Gasteiger partial charge in [0.2, 0.25) is 5.91 Å². The van der Waals surface area contributed by atoms with E-state index < -0.39 is 0 Å². The largest absolute Gasteiger partial charge is 0.368 e. The Bertz CT molecular complexity index is 746. The normalized spacial score (nSPS) is 14.8. The van der Waals surface area contributed by atoms with E-state index in [0.29, 0.717) is 13.1 Å². The van der Waals surface area contributed by atoms with Gasteiger partial charge in [0.15, 0.2) is 0 Å². The molecule has 23 heavy (non-hydrogen) atoms. The Kier molecular flexibility index (Phi) is 4.46. The third kappa shape index (κ3) is 3.62. The Morgan fingerprint density at radius 2 is 1.83 bits per heavy atom. The maximum atomic E-state index is 12.4. The molecule has 2 heterocycles. The summed E-state index contributed by atoms with van der Waals surface area (Å²) < 4.78 is 1.45. The van der Waals surface area contributed by atoms with Crippen LogP contribution in [0.3, 0.4) is 0 Å². The number of aromatic nitrogens is 1. The Morgan fingerprint density at radius 3 is 2.52 bits per heavy atom. The molecule has 0 saturated carbocycles. The zero-order valence-electron chi connectivity index (χ0n) is 13.3. The van der Waals surface area contributed by atoms with Crippen LogP contribution < -0.4 is 10.5 Å². The zero-order valence-corrected chi connectivity index (χ0v) is 13.3. The molecule has 5 nitrogen and oxygen atoms in total. The van der Waals surface area contributed by atoms with Gasteiger partial charge in [0.25, 0.3) is 5.56 Å². The van der Waals surface area contributed by atoms with Crippen LogP contribution in [0.1, 0.15) is 5.56 Å². The van der Waals surface area contributed by atoms with E-state index in [1.807, 2.05) is 4.90 Å². The van der Waals surface area contributed by atoms with Crippen molar-refractivity contribution in [3.05, 3.63) is 64.6 Å². The van der Waals surface area contributed by atoms with Gasteiger partial charge >= 0.3 is 0 Å². The van der Waals surface area contributed by atoms with Gasteiger partial charge in [-0.15, -0.1) is 0 Å². The molecule has 0 unspecified atom stereocenters. The van der Waals surface area contributed by atoms with Crippen molar-refractivity contribution in [2.24, 2.45) is 0 Å². The van der Waals surface area contributed by atoms with Gasteiger partial charge in [-0.05, 0) is 30.7 Å². The second-order valence-electron chi connectivity index (χ2n) is 5.87. The lowest BCUT2D eigenvalue weighted by molar-refractivity contribution is -0.132. The summed E-state index contributed by atoms with van der Waals surface area (Å²) in [4.78, 5) is 28.2. The van der Waals surface area contributed by atoms with Gasteiger partial charge in [-0.2, -0.15) is 0 Å². The third-order valence-corrected chi connectivity index (χ3v) is 4.20. The highest BCUT2D eigenvalue weighted by molar-refractivity contribution is 5.76. The molecule has 1 saturated heterocycles. The van der Waals surface area contributed by atoms with Gasteiger partial charge in [-0.1, -0.05) is 18.2 Å². The van der Waals surface area contributed by atoms with Crippen molar-refractivity contribution in [1.29, 1.82) is 0 Å². The van der Waals surface area contributed by atoms with Crippen LogP contribution in [0, 0.1) is 6.92 Å². The number of rotatable bonds is 3. The van der Waals surface area contributed by atoms with E-state index in [9.17, 15) is 9.59 Å². The second-order valence-corrected chi connectivity index (χ2v) is 5.87. The minimum absolute atomic E-state index is 0.00203. The molecule has 1 aliphatic heterocycles. The second kappa shape index (κ2) is 6.69. The summed E-state index contributed by atoms with van der Waals surface area (Å²) in [6.45, 7) is 5.21. The molecule has 120 valence electrons. The van der Waals surface area contributed by atoms with Gasteiger partial charge in [0.05, 0.1) is 0 Å². The molecule has 0 radical (unpaired) electrons. The summed E-state index contributed by atoms with van der Waals surface area (Å²) in [6, 6.07) is 13.3. The molecular weight excluding hydrogens is 290 g/mol. The molecule has 0 spiro atoms. The SMILES string of the molecule is Cc1cccc(N2CCN(C(=O)Cn3ccccc3=O)CC2)c1. The first-order valence-electron chi connectivity index (χ1n) is 7.88. The van der Waals surface area contributed by atoms with E-state index in [2.05, 4.69) is 36.1 Å². The van der Waals surface area contributed by atoms with Crippen LogP contribution in [-0.2, 0) is 11.3 Å². The van der Waals surface area contributed by atoms with Gasteiger partial charge in [-0.3, -0.25) is 9.59 Å². The fourth-order valence-electron chi connectivity index (χ4n) is 2.88. The Hall–Kier alpha value is -2.56. The number of piperazine rings is 1. The predicted octanol–water partition coefficient (Wildman–Crippen LogP) is 1.51.